The molecule has 8 nitrogen and oxygen atoms in total. The molecular weight excluding hydrogens is 338 g/mol. The minimum absolute atomic E-state index is 0.180. The van der Waals surface area contributed by atoms with Crippen LogP contribution in [-0.4, -0.2) is 37.6 Å². The van der Waals surface area contributed by atoms with E-state index in [4.69, 9.17) is 0 Å². The first kappa shape index (κ1) is 15.7. The Bertz CT molecular complexity index is 899. The number of amides is 1. The molecule has 2 aromatic heterocycles. The molecule has 128 valence electrons. The van der Waals surface area contributed by atoms with Crippen LogP contribution in [0.25, 0.3) is 11.4 Å². The molecule has 0 bridgehead atoms. The fourth-order valence-electron chi connectivity index (χ4n) is 2.49. The topological polar surface area (TPSA) is 97.6 Å². The molecule has 2 N–H and O–H groups in total. The number of thiazole rings is 1. The molecule has 0 radical (unpaired) electrons. The summed E-state index contributed by atoms with van der Waals surface area (Å²) in [5.41, 5.74) is 1.58. The lowest BCUT2D eigenvalue weighted by Gasteiger charge is -2.06. The third kappa shape index (κ3) is 3.36. The number of carbonyl (C=O) groups excluding carboxylic acids is 1. The van der Waals surface area contributed by atoms with Crippen LogP contribution in [0.15, 0.2) is 30.5 Å². The van der Waals surface area contributed by atoms with E-state index < -0.39 is 0 Å². The summed E-state index contributed by atoms with van der Waals surface area (Å²) in [5.74, 6) is 0.548. The number of nitrogens with one attached hydrogen (secondary N) is 2. The summed E-state index contributed by atoms with van der Waals surface area (Å²) in [6.45, 7) is 2.76. The van der Waals surface area contributed by atoms with Crippen molar-refractivity contribution in [1.29, 1.82) is 0 Å². The second kappa shape index (κ2) is 6.60. The maximum Gasteiger partial charge on any atom is 0.267 e. The molecule has 0 unspecified atom stereocenters. The third-order valence-electron chi connectivity index (χ3n) is 3.82. The number of rotatable bonds is 6. The first-order valence-corrected chi connectivity index (χ1v) is 8.95. The summed E-state index contributed by atoms with van der Waals surface area (Å²) in [4.78, 5) is 17.1. The normalized spacial score (nSPS) is 13.6. The van der Waals surface area contributed by atoms with Crippen molar-refractivity contribution in [1.82, 2.24) is 25.2 Å². The first-order valence-electron chi connectivity index (χ1n) is 8.14. The minimum Gasteiger partial charge on any atom is -0.362 e. The van der Waals surface area contributed by atoms with Gasteiger partial charge in [0.1, 0.15) is 4.88 Å². The lowest BCUT2D eigenvalue weighted by molar-refractivity contribution is 0.103. The highest BCUT2D eigenvalue weighted by atomic mass is 32.1. The Morgan fingerprint density at radius 3 is 3.08 bits per heavy atom. The van der Waals surface area contributed by atoms with Gasteiger partial charge in [-0.25, -0.2) is 9.67 Å². The number of hydrogen-bond acceptors (Lipinski definition) is 7. The fourth-order valence-corrected chi connectivity index (χ4v) is 3.27. The van der Waals surface area contributed by atoms with Crippen molar-refractivity contribution in [2.75, 3.05) is 17.2 Å². The van der Waals surface area contributed by atoms with Crippen LogP contribution in [0.1, 0.15) is 35.5 Å². The van der Waals surface area contributed by atoms with Gasteiger partial charge in [-0.3, -0.25) is 4.79 Å². The van der Waals surface area contributed by atoms with E-state index in [1.54, 1.807) is 6.20 Å². The van der Waals surface area contributed by atoms with Gasteiger partial charge in [0.15, 0.2) is 11.0 Å². The van der Waals surface area contributed by atoms with E-state index in [0.717, 1.165) is 35.9 Å². The molecule has 25 heavy (non-hydrogen) atoms. The van der Waals surface area contributed by atoms with E-state index in [1.807, 2.05) is 35.9 Å². The predicted octanol–water partition coefficient (Wildman–Crippen LogP) is 2.82. The van der Waals surface area contributed by atoms with Crippen LogP contribution in [0.5, 0.6) is 0 Å². The van der Waals surface area contributed by atoms with Gasteiger partial charge in [0, 0.05) is 17.8 Å². The highest BCUT2D eigenvalue weighted by Crippen LogP contribution is 2.36. The molecule has 0 saturated heterocycles. The van der Waals surface area contributed by atoms with Crippen molar-refractivity contribution < 1.29 is 4.79 Å². The number of benzene rings is 1. The highest BCUT2D eigenvalue weighted by Gasteiger charge is 2.28. The molecule has 9 heteroatoms. The Hall–Kier alpha value is -2.81. The van der Waals surface area contributed by atoms with Gasteiger partial charge in [-0.2, -0.15) is 0 Å². The van der Waals surface area contributed by atoms with Crippen molar-refractivity contribution in [2.45, 2.75) is 25.8 Å². The largest absolute Gasteiger partial charge is 0.362 e. The van der Waals surface area contributed by atoms with Gasteiger partial charge in [-0.05, 0) is 42.3 Å². The maximum absolute atomic E-state index is 12.4. The van der Waals surface area contributed by atoms with Crippen LogP contribution >= 0.6 is 11.3 Å². The lowest BCUT2D eigenvalue weighted by atomic mass is 10.2. The van der Waals surface area contributed by atoms with Crippen LogP contribution in [-0.2, 0) is 0 Å². The minimum atomic E-state index is -0.180. The third-order valence-corrected chi connectivity index (χ3v) is 4.78. The fraction of sp³-hybridized carbons (Fsp3) is 0.312. The van der Waals surface area contributed by atoms with Gasteiger partial charge in [0.05, 0.1) is 12.2 Å². The molecular formula is C16H17N7OS. The predicted molar refractivity (Wildman–Crippen MR) is 95.8 cm³/mol. The van der Waals surface area contributed by atoms with Crippen molar-refractivity contribution in [2.24, 2.45) is 0 Å². The average molecular weight is 355 g/mol. The van der Waals surface area contributed by atoms with Gasteiger partial charge in [-0.15, -0.1) is 5.10 Å². The summed E-state index contributed by atoms with van der Waals surface area (Å²) in [6.07, 6.45) is 3.79. The van der Waals surface area contributed by atoms with Crippen molar-refractivity contribution >= 4 is 28.1 Å². The summed E-state index contributed by atoms with van der Waals surface area (Å²) >= 11 is 1.33. The molecule has 1 aromatic carbocycles. The Labute approximate surface area is 148 Å². The maximum atomic E-state index is 12.4. The van der Waals surface area contributed by atoms with Gasteiger partial charge in [0.2, 0.25) is 0 Å². The monoisotopic (exact) mass is 355 g/mol. The van der Waals surface area contributed by atoms with Gasteiger partial charge < -0.3 is 10.6 Å². The van der Waals surface area contributed by atoms with Gasteiger partial charge >= 0.3 is 0 Å². The zero-order chi connectivity index (χ0) is 17.2. The highest BCUT2D eigenvalue weighted by molar-refractivity contribution is 7.17. The molecule has 1 aliphatic carbocycles. The zero-order valence-electron chi connectivity index (χ0n) is 13.6. The van der Waals surface area contributed by atoms with Crippen molar-refractivity contribution in [3.63, 3.8) is 0 Å². The lowest BCUT2D eigenvalue weighted by Crippen LogP contribution is -2.10. The van der Waals surface area contributed by atoms with E-state index >= 15 is 0 Å². The molecule has 1 aliphatic rings. The number of aromatic nitrogens is 5. The number of anilines is 2. The zero-order valence-corrected chi connectivity index (χ0v) is 14.5. The van der Waals surface area contributed by atoms with Crippen LogP contribution in [0.3, 0.4) is 0 Å². The van der Waals surface area contributed by atoms with E-state index in [1.165, 1.54) is 11.3 Å². The van der Waals surface area contributed by atoms with Crippen molar-refractivity contribution in [3.05, 3.63) is 35.3 Å². The molecule has 3 aromatic rings. The summed E-state index contributed by atoms with van der Waals surface area (Å²) in [5, 5.41) is 18.7. The molecule has 1 saturated carbocycles. The molecule has 4 rings (SSSR count). The van der Waals surface area contributed by atoms with Crippen LogP contribution < -0.4 is 10.6 Å². The quantitative estimate of drug-likeness (QED) is 0.706. The van der Waals surface area contributed by atoms with E-state index in [-0.39, 0.29) is 5.91 Å². The molecule has 2 heterocycles. The summed E-state index contributed by atoms with van der Waals surface area (Å²) in [6, 6.07) is 7.95. The van der Waals surface area contributed by atoms with E-state index in [0.29, 0.717) is 16.6 Å². The number of nitrogens with zero attached hydrogens (tertiary/aromatic N) is 5. The smallest absolute Gasteiger partial charge is 0.267 e. The summed E-state index contributed by atoms with van der Waals surface area (Å²) in [7, 11) is 0. The second-order valence-electron chi connectivity index (χ2n) is 5.77. The van der Waals surface area contributed by atoms with E-state index in [2.05, 4.69) is 31.1 Å². The Balaban J connectivity index is 1.53. The summed E-state index contributed by atoms with van der Waals surface area (Å²) < 4.78 is 1.85. The molecule has 1 amide bonds. The van der Waals surface area contributed by atoms with Crippen molar-refractivity contribution in [3.8, 4) is 11.4 Å². The first-order chi connectivity index (χ1) is 12.2. The van der Waals surface area contributed by atoms with Crippen LogP contribution in [0, 0.1) is 0 Å². The molecule has 0 spiro atoms. The second-order valence-corrected chi connectivity index (χ2v) is 6.80. The van der Waals surface area contributed by atoms with Gasteiger partial charge in [-0.1, -0.05) is 23.5 Å². The van der Waals surface area contributed by atoms with Crippen LogP contribution in [0.4, 0.5) is 10.8 Å². The van der Waals surface area contributed by atoms with Gasteiger partial charge in [0.25, 0.3) is 5.91 Å². The Morgan fingerprint density at radius 2 is 2.28 bits per heavy atom. The Kier molecular flexibility index (Phi) is 4.14. The van der Waals surface area contributed by atoms with Crippen LogP contribution in [0.2, 0.25) is 0 Å². The Morgan fingerprint density at radius 1 is 1.40 bits per heavy atom. The standard InChI is InChI=1S/C16H17N7OS/c1-2-17-16-18-9-13(25-16)15(24)19-11-5-3-4-10(8-11)14-20-21-22-23(14)12-6-7-12/h3-5,8-9,12H,2,6-7H2,1H3,(H,17,18)(H,19,24). The molecule has 1 fully saturated rings. The number of hydrogen-bond donors (Lipinski definition) is 2. The molecule has 0 aliphatic heterocycles. The number of tetrazole rings is 1. The SMILES string of the molecule is CCNc1ncc(C(=O)Nc2cccc(-c3nnnn3C3CC3)c2)s1. The van der Waals surface area contributed by atoms with E-state index in [9.17, 15) is 4.79 Å². The number of carbonyl (C=O) groups is 1. The molecule has 0 atom stereocenters. The average Bonchev–Trinajstić information content (AvgIpc) is 3.15.